The van der Waals surface area contributed by atoms with Gasteiger partial charge in [0, 0.05) is 25.5 Å². The molecule has 0 bridgehead atoms. The van der Waals surface area contributed by atoms with Crippen LogP contribution in [0.2, 0.25) is 0 Å². The third-order valence-electron chi connectivity index (χ3n) is 3.69. The maximum atomic E-state index is 13.1. The monoisotopic (exact) mass is 323 g/mol. The Morgan fingerprint density at radius 2 is 1.88 bits per heavy atom. The first-order valence-electron chi connectivity index (χ1n) is 7.74. The van der Waals surface area contributed by atoms with Crippen molar-refractivity contribution in [3.63, 3.8) is 0 Å². The number of carbonyl (C=O) groups is 1. The lowest BCUT2D eigenvalue weighted by molar-refractivity contribution is -0.120. The molecule has 24 heavy (non-hydrogen) atoms. The summed E-state index contributed by atoms with van der Waals surface area (Å²) in [6.45, 7) is 1.23. The van der Waals surface area contributed by atoms with Crippen molar-refractivity contribution in [2.24, 2.45) is 0 Å². The largest absolute Gasteiger partial charge is 0.352 e. The Bertz CT molecular complexity index is 798. The number of amides is 1. The van der Waals surface area contributed by atoms with Crippen molar-refractivity contribution in [1.29, 1.82) is 0 Å². The minimum atomic E-state index is -0.325. The average molecular weight is 323 g/mol. The fraction of sp³-hybridized carbons (Fsp3) is 0.158. The first kappa shape index (κ1) is 15.9. The van der Waals surface area contributed by atoms with E-state index in [0.717, 1.165) is 12.1 Å². The molecule has 3 aromatic rings. The number of halogens is 1. The number of nitrogens with one attached hydrogen (secondary N) is 1. The van der Waals surface area contributed by atoms with Gasteiger partial charge in [0.1, 0.15) is 5.82 Å². The van der Waals surface area contributed by atoms with Crippen LogP contribution in [0, 0.1) is 5.82 Å². The molecule has 122 valence electrons. The predicted molar refractivity (Wildman–Crippen MR) is 89.7 cm³/mol. The van der Waals surface area contributed by atoms with E-state index in [1.807, 2.05) is 35.0 Å². The van der Waals surface area contributed by atoms with Crippen LogP contribution in [-0.4, -0.2) is 15.5 Å². The van der Waals surface area contributed by atoms with Gasteiger partial charge in [0.15, 0.2) is 0 Å². The molecule has 0 unspecified atom stereocenters. The zero-order valence-corrected chi connectivity index (χ0v) is 13.2. The molecule has 4 nitrogen and oxygen atoms in total. The van der Waals surface area contributed by atoms with Crippen molar-refractivity contribution in [3.05, 3.63) is 89.8 Å². The molecule has 5 heteroatoms. The number of carbonyl (C=O) groups excluding carboxylic acids is 1. The molecule has 0 spiro atoms. The maximum Gasteiger partial charge on any atom is 0.224 e. The van der Waals surface area contributed by atoms with Crippen LogP contribution in [0.15, 0.2) is 67.3 Å². The minimum Gasteiger partial charge on any atom is -0.352 e. The van der Waals surface area contributed by atoms with E-state index in [1.54, 1.807) is 24.7 Å². The predicted octanol–water partition coefficient (Wildman–Crippen LogP) is 2.93. The number of nitrogens with zero attached hydrogens (tertiary/aromatic N) is 2. The van der Waals surface area contributed by atoms with Gasteiger partial charge in [0.05, 0.1) is 12.7 Å². The number of rotatable bonds is 6. The van der Waals surface area contributed by atoms with Crippen LogP contribution in [0.3, 0.4) is 0 Å². The Hall–Kier alpha value is -2.95. The van der Waals surface area contributed by atoms with Crippen LogP contribution in [0.5, 0.6) is 0 Å². The van der Waals surface area contributed by atoms with Crippen molar-refractivity contribution < 1.29 is 9.18 Å². The number of benzene rings is 2. The Morgan fingerprint density at radius 1 is 1.08 bits per heavy atom. The Kier molecular flexibility index (Phi) is 5.01. The van der Waals surface area contributed by atoms with Crippen molar-refractivity contribution in [2.75, 3.05) is 0 Å². The Morgan fingerprint density at radius 3 is 2.58 bits per heavy atom. The first-order valence-corrected chi connectivity index (χ1v) is 7.74. The minimum absolute atomic E-state index is 0.122. The molecule has 0 atom stereocenters. The van der Waals surface area contributed by atoms with Crippen LogP contribution in [0.1, 0.15) is 16.7 Å². The summed E-state index contributed by atoms with van der Waals surface area (Å²) >= 11 is 0. The molecule has 0 saturated carbocycles. The lowest BCUT2D eigenvalue weighted by Gasteiger charge is -2.07. The summed E-state index contributed by atoms with van der Waals surface area (Å²) < 4.78 is 15.1. The topological polar surface area (TPSA) is 46.9 Å². The molecule has 2 aromatic carbocycles. The van der Waals surface area contributed by atoms with E-state index >= 15 is 0 Å². The van der Waals surface area contributed by atoms with Crippen molar-refractivity contribution in [3.8, 4) is 0 Å². The molecule has 0 radical (unpaired) electrons. The smallest absolute Gasteiger partial charge is 0.224 e. The van der Waals surface area contributed by atoms with Gasteiger partial charge in [0.2, 0.25) is 5.91 Å². The molecule has 0 aliphatic heterocycles. The SMILES string of the molecule is O=C(Cc1cccc(F)c1)NCc1ccc(Cn2ccnc2)cc1. The van der Waals surface area contributed by atoms with Gasteiger partial charge in [0.25, 0.3) is 0 Å². The van der Waals surface area contributed by atoms with Crippen molar-refractivity contribution >= 4 is 5.91 Å². The average Bonchev–Trinajstić information content (AvgIpc) is 3.07. The van der Waals surface area contributed by atoms with Gasteiger partial charge >= 0.3 is 0 Å². The summed E-state index contributed by atoms with van der Waals surface area (Å²) in [6.07, 6.45) is 5.63. The molecule has 1 N–H and O–H groups in total. The second-order valence-corrected chi connectivity index (χ2v) is 5.63. The molecule has 0 saturated heterocycles. The quantitative estimate of drug-likeness (QED) is 0.758. The Labute approximate surface area is 140 Å². The summed E-state index contributed by atoms with van der Waals surface area (Å²) in [5, 5.41) is 2.86. The van der Waals surface area contributed by atoms with E-state index in [9.17, 15) is 9.18 Å². The third-order valence-corrected chi connectivity index (χ3v) is 3.69. The molecule has 0 fully saturated rings. The first-order chi connectivity index (χ1) is 11.7. The van der Waals surface area contributed by atoms with E-state index in [1.165, 1.54) is 17.7 Å². The fourth-order valence-corrected chi connectivity index (χ4v) is 2.45. The summed E-state index contributed by atoms with van der Waals surface area (Å²) in [6, 6.07) is 14.2. The maximum absolute atomic E-state index is 13.1. The summed E-state index contributed by atoms with van der Waals surface area (Å²) in [7, 11) is 0. The molecule has 3 rings (SSSR count). The van der Waals surface area contributed by atoms with Crippen LogP contribution in [0.4, 0.5) is 4.39 Å². The molecular formula is C19H18FN3O. The van der Waals surface area contributed by atoms with Gasteiger partial charge in [-0.15, -0.1) is 0 Å². The Balaban J connectivity index is 1.50. The van der Waals surface area contributed by atoms with Crippen LogP contribution in [-0.2, 0) is 24.3 Å². The summed E-state index contributed by atoms with van der Waals surface area (Å²) in [5.41, 5.74) is 2.86. The molecular weight excluding hydrogens is 305 g/mol. The van der Waals surface area contributed by atoms with Gasteiger partial charge < -0.3 is 9.88 Å². The van der Waals surface area contributed by atoms with E-state index in [2.05, 4.69) is 10.3 Å². The van der Waals surface area contributed by atoms with E-state index in [0.29, 0.717) is 12.1 Å². The van der Waals surface area contributed by atoms with E-state index in [-0.39, 0.29) is 18.1 Å². The highest BCUT2D eigenvalue weighted by Gasteiger charge is 2.04. The van der Waals surface area contributed by atoms with Crippen LogP contribution < -0.4 is 5.32 Å². The van der Waals surface area contributed by atoms with Crippen molar-refractivity contribution in [2.45, 2.75) is 19.5 Å². The number of hydrogen-bond acceptors (Lipinski definition) is 2. The van der Waals surface area contributed by atoms with Crippen LogP contribution >= 0.6 is 0 Å². The number of aromatic nitrogens is 2. The van der Waals surface area contributed by atoms with Gasteiger partial charge in [-0.1, -0.05) is 36.4 Å². The van der Waals surface area contributed by atoms with Crippen molar-refractivity contribution in [1.82, 2.24) is 14.9 Å². The lowest BCUT2D eigenvalue weighted by atomic mass is 10.1. The van der Waals surface area contributed by atoms with Crippen LogP contribution in [0.25, 0.3) is 0 Å². The van der Waals surface area contributed by atoms with Gasteiger partial charge in [-0.3, -0.25) is 4.79 Å². The number of hydrogen-bond donors (Lipinski definition) is 1. The van der Waals surface area contributed by atoms with Gasteiger partial charge in [-0.25, -0.2) is 9.37 Å². The molecule has 0 aliphatic rings. The zero-order chi connectivity index (χ0) is 16.8. The van der Waals surface area contributed by atoms with E-state index in [4.69, 9.17) is 0 Å². The summed E-state index contributed by atoms with van der Waals surface area (Å²) in [4.78, 5) is 15.9. The molecule has 0 aliphatic carbocycles. The second kappa shape index (κ2) is 7.55. The second-order valence-electron chi connectivity index (χ2n) is 5.63. The number of imidazole rings is 1. The summed E-state index contributed by atoms with van der Waals surface area (Å²) in [5.74, 6) is -0.447. The molecule has 1 amide bonds. The fourth-order valence-electron chi connectivity index (χ4n) is 2.45. The third kappa shape index (κ3) is 4.52. The van der Waals surface area contributed by atoms with Gasteiger partial charge in [-0.05, 0) is 28.8 Å². The van der Waals surface area contributed by atoms with E-state index < -0.39 is 0 Å². The molecule has 1 heterocycles. The normalized spacial score (nSPS) is 10.5. The molecule has 1 aromatic heterocycles. The highest BCUT2D eigenvalue weighted by molar-refractivity contribution is 5.78. The highest BCUT2D eigenvalue weighted by atomic mass is 19.1. The lowest BCUT2D eigenvalue weighted by Crippen LogP contribution is -2.24. The zero-order valence-electron chi connectivity index (χ0n) is 13.2. The highest BCUT2D eigenvalue weighted by Crippen LogP contribution is 2.07. The standard InChI is InChI=1S/C19H18FN3O/c20-18-3-1-2-17(10-18)11-19(24)22-12-15-4-6-16(7-5-15)13-23-9-8-21-14-23/h1-10,14H,11-13H2,(H,22,24). The van der Waals surface area contributed by atoms with Gasteiger partial charge in [-0.2, -0.15) is 0 Å².